The van der Waals surface area contributed by atoms with E-state index in [1.54, 1.807) is 0 Å². The first-order valence-electron chi connectivity index (χ1n) is 8.30. The van der Waals surface area contributed by atoms with Gasteiger partial charge in [-0.2, -0.15) is 0 Å². The molecule has 2 aromatic carbocycles. The first-order chi connectivity index (χ1) is 13.0. The van der Waals surface area contributed by atoms with Gasteiger partial charge in [-0.05, 0) is 29.3 Å². The zero-order valence-electron chi connectivity index (χ0n) is 14.6. The summed E-state index contributed by atoms with van der Waals surface area (Å²) in [6.45, 7) is 1.83. The molecule has 0 saturated heterocycles. The van der Waals surface area contributed by atoms with E-state index in [2.05, 4.69) is 15.5 Å². The van der Waals surface area contributed by atoms with Gasteiger partial charge in [0, 0.05) is 25.5 Å². The summed E-state index contributed by atoms with van der Waals surface area (Å²) < 4.78 is 32.1. The minimum atomic E-state index is -1.01. The predicted octanol–water partition coefficient (Wildman–Crippen LogP) is 2.89. The van der Waals surface area contributed by atoms with Crippen LogP contribution in [0, 0.1) is 11.6 Å². The van der Waals surface area contributed by atoms with E-state index in [0.29, 0.717) is 13.0 Å². The van der Waals surface area contributed by atoms with Crippen molar-refractivity contribution in [3.63, 3.8) is 0 Å². The van der Waals surface area contributed by atoms with E-state index in [0.717, 1.165) is 23.3 Å². The maximum absolute atomic E-state index is 13.4. The van der Waals surface area contributed by atoms with Crippen LogP contribution < -0.4 is 11.1 Å². The Labute approximate surface area is 154 Å². The fourth-order valence-corrected chi connectivity index (χ4v) is 2.61. The largest absolute Gasteiger partial charge is 0.418 e. The smallest absolute Gasteiger partial charge is 0.247 e. The molecular weight excluding hydrogens is 354 g/mol. The van der Waals surface area contributed by atoms with Gasteiger partial charge >= 0.3 is 0 Å². The van der Waals surface area contributed by atoms with E-state index >= 15 is 0 Å². The minimum absolute atomic E-state index is 0.0396. The number of amides is 1. The summed E-state index contributed by atoms with van der Waals surface area (Å²) >= 11 is 0. The number of nitrogens with one attached hydrogen (secondary N) is 1. The van der Waals surface area contributed by atoms with Crippen molar-refractivity contribution < 1.29 is 18.0 Å². The standard InChI is InChI=1S/C19H18F2N4O2/c1-11(26)23-17(8-12-2-4-13(10-22)5-3-12)19-25-24-18(27-19)14-6-7-15(20)16(21)9-14/h2-7,9,17H,8,10,22H2,1H3,(H,23,26). The Bertz CT molecular complexity index is 941. The Morgan fingerprint density at radius 2 is 1.81 bits per heavy atom. The van der Waals surface area contributed by atoms with Crippen molar-refractivity contribution in [3.8, 4) is 11.5 Å². The number of rotatable bonds is 6. The highest BCUT2D eigenvalue weighted by Crippen LogP contribution is 2.24. The summed E-state index contributed by atoms with van der Waals surface area (Å²) in [5, 5.41) is 10.6. The van der Waals surface area contributed by atoms with Crippen molar-refractivity contribution >= 4 is 5.91 Å². The molecule has 3 rings (SSSR count). The maximum Gasteiger partial charge on any atom is 0.247 e. The minimum Gasteiger partial charge on any atom is -0.418 e. The van der Waals surface area contributed by atoms with Crippen molar-refractivity contribution in [2.24, 2.45) is 5.73 Å². The third-order valence-corrected chi connectivity index (χ3v) is 3.98. The van der Waals surface area contributed by atoms with Gasteiger partial charge in [-0.1, -0.05) is 24.3 Å². The lowest BCUT2D eigenvalue weighted by molar-refractivity contribution is -0.119. The van der Waals surface area contributed by atoms with Crippen molar-refractivity contribution in [1.29, 1.82) is 0 Å². The number of hydrogen-bond donors (Lipinski definition) is 2. The molecule has 140 valence electrons. The fourth-order valence-electron chi connectivity index (χ4n) is 2.61. The number of carbonyl (C=O) groups excluding carboxylic acids is 1. The molecule has 1 atom stereocenters. The highest BCUT2D eigenvalue weighted by atomic mass is 19.2. The lowest BCUT2D eigenvalue weighted by Gasteiger charge is -2.14. The Balaban J connectivity index is 1.85. The number of nitrogens with zero attached hydrogens (tertiary/aromatic N) is 2. The summed E-state index contributed by atoms with van der Waals surface area (Å²) in [6, 6.07) is 10.4. The molecule has 0 bridgehead atoms. The van der Waals surface area contributed by atoms with Crippen LogP contribution in [0.2, 0.25) is 0 Å². The van der Waals surface area contributed by atoms with Crippen LogP contribution >= 0.6 is 0 Å². The molecule has 1 amide bonds. The van der Waals surface area contributed by atoms with E-state index in [9.17, 15) is 13.6 Å². The van der Waals surface area contributed by atoms with Gasteiger partial charge in [-0.15, -0.1) is 10.2 Å². The lowest BCUT2D eigenvalue weighted by atomic mass is 10.0. The highest BCUT2D eigenvalue weighted by Gasteiger charge is 2.21. The molecular formula is C19H18F2N4O2. The SMILES string of the molecule is CC(=O)NC(Cc1ccc(CN)cc1)c1nnc(-c2ccc(F)c(F)c2)o1. The van der Waals surface area contributed by atoms with Gasteiger partial charge in [0.15, 0.2) is 11.6 Å². The van der Waals surface area contributed by atoms with Crippen LogP contribution in [-0.2, 0) is 17.8 Å². The molecule has 1 unspecified atom stereocenters. The van der Waals surface area contributed by atoms with Crippen molar-refractivity contribution in [3.05, 3.63) is 71.1 Å². The number of halogens is 2. The Morgan fingerprint density at radius 3 is 2.44 bits per heavy atom. The van der Waals surface area contributed by atoms with Crippen LogP contribution in [0.5, 0.6) is 0 Å². The van der Waals surface area contributed by atoms with E-state index in [1.165, 1.54) is 13.0 Å². The Hall–Kier alpha value is -3.13. The van der Waals surface area contributed by atoms with Crippen molar-refractivity contribution in [1.82, 2.24) is 15.5 Å². The molecule has 0 fully saturated rings. The summed E-state index contributed by atoms with van der Waals surface area (Å²) in [5.74, 6) is -2.02. The molecule has 3 N–H and O–H groups in total. The second-order valence-corrected chi connectivity index (χ2v) is 6.05. The maximum atomic E-state index is 13.4. The molecule has 27 heavy (non-hydrogen) atoms. The lowest BCUT2D eigenvalue weighted by Crippen LogP contribution is -2.28. The summed E-state index contributed by atoms with van der Waals surface area (Å²) in [5.41, 5.74) is 7.78. The molecule has 0 aliphatic rings. The van der Waals surface area contributed by atoms with E-state index in [1.807, 2.05) is 24.3 Å². The van der Waals surface area contributed by atoms with E-state index in [4.69, 9.17) is 10.2 Å². The number of aromatic nitrogens is 2. The fraction of sp³-hybridized carbons (Fsp3) is 0.211. The van der Waals surface area contributed by atoms with Gasteiger partial charge < -0.3 is 15.5 Å². The normalized spacial score (nSPS) is 12.0. The van der Waals surface area contributed by atoms with Gasteiger partial charge in [0.2, 0.25) is 17.7 Å². The Morgan fingerprint density at radius 1 is 1.11 bits per heavy atom. The van der Waals surface area contributed by atoms with Crippen LogP contribution in [0.4, 0.5) is 8.78 Å². The third kappa shape index (κ3) is 4.53. The Kier molecular flexibility index (Phi) is 5.56. The van der Waals surface area contributed by atoms with Crippen LogP contribution in [0.1, 0.15) is 30.0 Å². The van der Waals surface area contributed by atoms with Gasteiger partial charge in [-0.3, -0.25) is 4.79 Å². The zero-order valence-corrected chi connectivity index (χ0v) is 14.6. The average Bonchev–Trinajstić information content (AvgIpc) is 3.14. The molecule has 0 radical (unpaired) electrons. The second-order valence-electron chi connectivity index (χ2n) is 6.05. The number of nitrogens with two attached hydrogens (primary N) is 1. The number of benzene rings is 2. The summed E-state index contributed by atoms with van der Waals surface area (Å²) in [4.78, 5) is 11.6. The molecule has 1 heterocycles. The molecule has 6 nitrogen and oxygen atoms in total. The predicted molar refractivity (Wildman–Crippen MR) is 94.2 cm³/mol. The monoisotopic (exact) mass is 372 g/mol. The first kappa shape index (κ1) is 18.7. The van der Waals surface area contributed by atoms with E-state index < -0.39 is 17.7 Å². The molecule has 0 spiro atoms. The van der Waals surface area contributed by atoms with Gasteiger partial charge in [0.05, 0.1) is 0 Å². The second kappa shape index (κ2) is 8.05. The van der Waals surface area contributed by atoms with Gasteiger partial charge in [0.1, 0.15) is 6.04 Å². The van der Waals surface area contributed by atoms with Crippen LogP contribution in [0.25, 0.3) is 11.5 Å². The molecule has 0 saturated carbocycles. The van der Waals surface area contributed by atoms with Crippen molar-refractivity contribution in [2.75, 3.05) is 0 Å². The van der Waals surface area contributed by atoms with Crippen LogP contribution in [0.3, 0.4) is 0 Å². The van der Waals surface area contributed by atoms with E-state index in [-0.39, 0.29) is 23.3 Å². The summed E-state index contributed by atoms with van der Waals surface area (Å²) in [6.07, 6.45) is 0.420. The highest BCUT2D eigenvalue weighted by molar-refractivity contribution is 5.73. The van der Waals surface area contributed by atoms with Crippen LogP contribution in [-0.4, -0.2) is 16.1 Å². The number of carbonyl (C=O) groups is 1. The van der Waals surface area contributed by atoms with Crippen molar-refractivity contribution in [2.45, 2.75) is 25.9 Å². The van der Waals surface area contributed by atoms with Crippen LogP contribution in [0.15, 0.2) is 46.9 Å². The molecule has 1 aromatic heterocycles. The molecule has 0 aliphatic heterocycles. The summed E-state index contributed by atoms with van der Waals surface area (Å²) in [7, 11) is 0. The molecule has 3 aromatic rings. The molecule has 8 heteroatoms. The average molecular weight is 372 g/mol. The first-order valence-corrected chi connectivity index (χ1v) is 8.30. The quantitative estimate of drug-likeness (QED) is 0.694. The van der Waals surface area contributed by atoms with Gasteiger partial charge in [-0.25, -0.2) is 8.78 Å². The zero-order chi connectivity index (χ0) is 19.4. The topological polar surface area (TPSA) is 94.0 Å². The third-order valence-electron chi connectivity index (χ3n) is 3.98. The molecule has 0 aliphatic carbocycles. The number of hydrogen-bond acceptors (Lipinski definition) is 5. The van der Waals surface area contributed by atoms with Gasteiger partial charge in [0.25, 0.3) is 0 Å².